The van der Waals surface area contributed by atoms with Crippen molar-refractivity contribution in [2.24, 2.45) is 4.99 Å². The molecule has 1 aliphatic rings. The van der Waals surface area contributed by atoms with Crippen molar-refractivity contribution in [2.75, 3.05) is 13.1 Å². The summed E-state index contributed by atoms with van der Waals surface area (Å²) in [6.45, 7) is 5.91. The van der Waals surface area contributed by atoms with Gasteiger partial charge in [-0.25, -0.2) is 0 Å². The molecule has 0 bridgehead atoms. The van der Waals surface area contributed by atoms with Crippen LogP contribution in [-0.4, -0.2) is 35.2 Å². The second kappa shape index (κ2) is 15.5. The van der Waals surface area contributed by atoms with Crippen LogP contribution < -0.4 is 0 Å². The molecule has 1 unspecified atom stereocenters. The minimum Gasteiger partial charge on any atom is -0.371 e. The van der Waals surface area contributed by atoms with Crippen molar-refractivity contribution in [3.8, 4) is 0 Å². The van der Waals surface area contributed by atoms with Crippen LogP contribution >= 0.6 is 0 Å². The number of unbranched alkanes of at least 4 members (excludes halogenated alkanes) is 15. The van der Waals surface area contributed by atoms with Crippen LogP contribution in [0.15, 0.2) is 4.99 Å². The molecule has 0 saturated heterocycles. The molecule has 1 N–H and O–H groups in total. The highest BCUT2D eigenvalue weighted by molar-refractivity contribution is 5.58. The van der Waals surface area contributed by atoms with E-state index in [0.717, 1.165) is 25.9 Å². The van der Waals surface area contributed by atoms with Gasteiger partial charge in [0.05, 0.1) is 12.9 Å². The Labute approximate surface area is 163 Å². The van der Waals surface area contributed by atoms with Crippen LogP contribution in [0.2, 0.25) is 0 Å². The van der Waals surface area contributed by atoms with Gasteiger partial charge in [-0.1, -0.05) is 103 Å². The topological polar surface area (TPSA) is 35.8 Å². The predicted molar refractivity (Wildman–Crippen MR) is 115 cm³/mol. The van der Waals surface area contributed by atoms with Gasteiger partial charge in [0.1, 0.15) is 5.72 Å². The van der Waals surface area contributed by atoms with Crippen molar-refractivity contribution >= 4 is 6.34 Å². The Kier molecular flexibility index (Phi) is 14.0. The fraction of sp³-hybridized carbons (Fsp3) is 0.957. The number of hydrogen-bond acceptors (Lipinski definition) is 3. The number of aliphatic hydroxyl groups is 1. The zero-order chi connectivity index (χ0) is 18.9. The zero-order valence-corrected chi connectivity index (χ0v) is 17.9. The van der Waals surface area contributed by atoms with Crippen LogP contribution in [0.5, 0.6) is 0 Å². The molecule has 0 aromatic carbocycles. The third-order valence-electron chi connectivity index (χ3n) is 5.81. The average Bonchev–Trinajstić information content (AvgIpc) is 3.17. The first-order chi connectivity index (χ1) is 12.7. The Morgan fingerprint density at radius 3 is 1.58 bits per heavy atom. The molecule has 0 fully saturated rings. The monoisotopic (exact) mass is 366 g/mol. The van der Waals surface area contributed by atoms with E-state index < -0.39 is 5.72 Å². The minimum atomic E-state index is -0.698. The molecule has 0 radical (unpaired) electrons. The summed E-state index contributed by atoms with van der Waals surface area (Å²) in [5.41, 5.74) is -0.698. The number of rotatable bonds is 18. The summed E-state index contributed by atoms with van der Waals surface area (Å²) in [6, 6.07) is 0. The average molecular weight is 367 g/mol. The SMILES string of the molecule is CCCCCCCCCCCCCCCCCCC(C)(O)N1C=NCC1. The fourth-order valence-corrected chi connectivity index (χ4v) is 3.90. The fourth-order valence-electron chi connectivity index (χ4n) is 3.90. The van der Waals surface area contributed by atoms with Crippen LogP contribution in [0.1, 0.15) is 123 Å². The van der Waals surface area contributed by atoms with E-state index in [1.807, 2.05) is 18.2 Å². The maximum Gasteiger partial charge on any atom is 0.135 e. The summed E-state index contributed by atoms with van der Waals surface area (Å²) in [4.78, 5) is 6.18. The van der Waals surface area contributed by atoms with Gasteiger partial charge in [-0.15, -0.1) is 0 Å². The number of nitrogens with zero attached hydrogens (tertiary/aromatic N) is 2. The summed E-state index contributed by atoms with van der Waals surface area (Å²) in [5, 5.41) is 10.5. The second-order valence-electron chi connectivity index (χ2n) is 8.49. The molecule has 0 amide bonds. The lowest BCUT2D eigenvalue weighted by Crippen LogP contribution is -2.44. The highest BCUT2D eigenvalue weighted by Gasteiger charge is 2.27. The minimum absolute atomic E-state index is 0.698. The highest BCUT2D eigenvalue weighted by Crippen LogP contribution is 2.21. The van der Waals surface area contributed by atoms with E-state index in [-0.39, 0.29) is 0 Å². The Bertz CT molecular complexity index is 341. The molecular weight excluding hydrogens is 320 g/mol. The largest absolute Gasteiger partial charge is 0.371 e. The summed E-state index contributed by atoms with van der Waals surface area (Å²) in [6.07, 6.45) is 24.9. The first kappa shape index (κ1) is 23.5. The molecule has 0 spiro atoms. The van der Waals surface area contributed by atoms with Crippen molar-refractivity contribution in [1.82, 2.24) is 4.90 Å². The second-order valence-corrected chi connectivity index (χ2v) is 8.49. The van der Waals surface area contributed by atoms with Gasteiger partial charge < -0.3 is 10.0 Å². The standard InChI is InChI=1S/C23H46N2O/c1-3-4-5-6-7-8-9-10-11-12-13-14-15-16-17-18-19-23(2,26)25-21-20-24-22-25/h22,26H,3-21H2,1-2H3. The molecule has 154 valence electrons. The van der Waals surface area contributed by atoms with Gasteiger partial charge in [-0.3, -0.25) is 4.99 Å². The molecule has 0 aliphatic carbocycles. The molecule has 0 saturated carbocycles. The van der Waals surface area contributed by atoms with E-state index in [4.69, 9.17) is 0 Å². The summed E-state index contributed by atoms with van der Waals surface area (Å²) < 4.78 is 0. The summed E-state index contributed by atoms with van der Waals surface area (Å²) >= 11 is 0. The molecule has 3 heteroatoms. The van der Waals surface area contributed by atoms with Gasteiger partial charge in [0.25, 0.3) is 0 Å². The smallest absolute Gasteiger partial charge is 0.135 e. The van der Waals surface area contributed by atoms with E-state index in [1.54, 1.807) is 0 Å². The van der Waals surface area contributed by atoms with Crippen molar-refractivity contribution in [3.05, 3.63) is 0 Å². The van der Waals surface area contributed by atoms with Crippen molar-refractivity contribution in [1.29, 1.82) is 0 Å². The first-order valence-corrected chi connectivity index (χ1v) is 11.7. The summed E-state index contributed by atoms with van der Waals surface area (Å²) in [7, 11) is 0. The summed E-state index contributed by atoms with van der Waals surface area (Å²) in [5.74, 6) is 0. The third-order valence-corrected chi connectivity index (χ3v) is 5.81. The van der Waals surface area contributed by atoms with E-state index in [0.29, 0.717) is 0 Å². The number of aliphatic imine (C=N–C) groups is 1. The quantitative estimate of drug-likeness (QED) is 0.274. The Hall–Kier alpha value is -0.570. The van der Waals surface area contributed by atoms with Gasteiger partial charge in [0.15, 0.2) is 0 Å². The van der Waals surface area contributed by atoms with Crippen molar-refractivity contribution < 1.29 is 5.11 Å². The maximum atomic E-state index is 10.5. The Morgan fingerprint density at radius 1 is 0.769 bits per heavy atom. The molecule has 26 heavy (non-hydrogen) atoms. The normalized spacial score (nSPS) is 16.3. The maximum absolute atomic E-state index is 10.5. The number of hydrogen-bond donors (Lipinski definition) is 1. The van der Waals surface area contributed by atoms with E-state index in [2.05, 4.69) is 11.9 Å². The van der Waals surface area contributed by atoms with E-state index in [1.165, 1.54) is 96.3 Å². The molecule has 1 heterocycles. The lowest BCUT2D eigenvalue weighted by atomic mass is 10.0. The van der Waals surface area contributed by atoms with Gasteiger partial charge in [-0.05, 0) is 19.8 Å². The van der Waals surface area contributed by atoms with Gasteiger partial charge in [0.2, 0.25) is 0 Å². The Morgan fingerprint density at radius 2 is 1.19 bits per heavy atom. The van der Waals surface area contributed by atoms with Crippen molar-refractivity contribution in [2.45, 2.75) is 129 Å². The van der Waals surface area contributed by atoms with Gasteiger partial charge >= 0.3 is 0 Å². The molecular formula is C23H46N2O. The van der Waals surface area contributed by atoms with Crippen molar-refractivity contribution in [3.63, 3.8) is 0 Å². The molecule has 3 nitrogen and oxygen atoms in total. The van der Waals surface area contributed by atoms with E-state index in [9.17, 15) is 5.11 Å². The lowest BCUT2D eigenvalue weighted by molar-refractivity contribution is -0.0538. The lowest BCUT2D eigenvalue weighted by Gasteiger charge is -2.33. The molecule has 0 aromatic rings. The molecule has 1 aliphatic heterocycles. The van der Waals surface area contributed by atoms with Gasteiger partial charge in [-0.2, -0.15) is 0 Å². The van der Waals surface area contributed by atoms with Gasteiger partial charge in [0, 0.05) is 6.54 Å². The first-order valence-electron chi connectivity index (χ1n) is 11.7. The third kappa shape index (κ3) is 11.9. The van der Waals surface area contributed by atoms with Crippen LogP contribution in [-0.2, 0) is 0 Å². The predicted octanol–water partition coefficient (Wildman–Crippen LogP) is 6.69. The van der Waals surface area contributed by atoms with E-state index >= 15 is 0 Å². The Balaban J connectivity index is 1.76. The zero-order valence-electron chi connectivity index (χ0n) is 17.9. The molecule has 1 atom stereocenters. The van der Waals surface area contributed by atoms with Crippen LogP contribution in [0.25, 0.3) is 0 Å². The van der Waals surface area contributed by atoms with Crippen LogP contribution in [0.4, 0.5) is 0 Å². The molecule has 1 rings (SSSR count). The molecule has 0 aromatic heterocycles. The highest BCUT2D eigenvalue weighted by atomic mass is 16.3. The van der Waals surface area contributed by atoms with Crippen LogP contribution in [0.3, 0.4) is 0 Å². The van der Waals surface area contributed by atoms with Crippen LogP contribution in [0, 0.1) is 0 Å².